The second kappa shape index (κ2) is 8.39. The molecule has 0 unspecified atom stereocenters. The standard InChI is InChI=1S/C26H35N7O2/c1-25(2,3)35-24(34)33-14-11-26(12-15-33)9-6-17(7-10-26)21-19(18-8-13-30-32(18)5)20-22(27)28-16-29-23(20)31(21)4/h6,8,13,16H,7,9-12,14-15H2,1-5H3,(H2,27,28,29). The first-order valence-electron chi connectivity index (χ1n) is 12.3. The maximum absolute atomic E-state index is 12.5. The quantitative estimate of drug-likeness (QED) is 0.581. The van der Waals surface area contributed by atoms with Gasteiger partial charge < -0.3 is 19.9 Å². The van der Waals surface area contributed by atoms with Crippen LogP contribution in [0.4, 0.5) is 10.6 Å². The molecule has 0 radical (unpaired) electrons. The van der Waals surface area contributed by atoms with Crippen molar-refractivity contribution in [1.29, 1.82) is 0 Å². The number of carbonyl (C=O) groups is 1. The number of hydrogen-bond acceptors (Lipinski definition) is 6. The van der Waals surface area contributed by atoms with Gasteiger partial charge in [-0.15, -0.1) is 0 Å². The predicted molar refractivity (Wildman–Crippen MR) is 136 cm³/mol. The van der Waals surface area contributed by atoms with Gasteiger partial charge in [-0.2, -0.15) is 5.10 Å². The third-order valence-electron chi connectivity index (χ3n) is 7.56. The van der Waals surface area contributed by atoms with E-state index in [4.69, 9.17) is 10.5 Å². The van der Waals surface area contributed by atoms with Crippen molar-refractivity contribution in [1.82, 2.24) is 29.2 Å². The zero-order valence-electron chi connectivity index (χ0n) is 21.3. The molecule has 186 valence electrons. The average Bonchev–Trinajstić information content (AvgIpc) is 3.35. The third kappa shape index (κ3) is 4.17. The number of allylic oxidation sites excluding steroid dienone is 2. The van der Waals surface area contributed by atoms with Crippen LogP contribution in [-0.2, 0) is 18.8 Å². The van der Waals surface area contributed by atoms with E-state index in [2.05, 4.69) is 32.8 Å². The summed E-state index contributed by atoms with van der Waals surface area (Å²) in [5, 5.41) is 5.28. The highest BCUT2D eigenvalue weighted by Crippen LogP contribution is 2.48. The molecule has 5 rings (SSSR count). The van der Waals surface area contributed by atoms with E-state index in [-0.39, 0.29) is 11.5 Å². The van der Waals surface area contributed by atoms with Crippen LogP contribution >= 0.6 is 0 Å². The van der Waals surface area contributed by atoms with Crippen LogP contribution in [0.2, 0.25) is 0 Å². The van der Waals surface area contributed by atoms with Gasteiger partial charge in [0.05, 0.1) is 16.8 Å². The predicted octanol–water partition coefficient (Wildman–Crippen LogP) is 4.54. The van der Waals surface area contributed by atoms with E-state index < -0.39 is 5.60 Å². The number of amides is 1. The number of aryl methyl sites for hydroxylation is 2. The summed E-state index contributed by atoms with van der Waals surface area (Å²) in [6.07, 6.45) is 10.6. The van der Waals surface area contributed by atoms with Crippen LogP contribution in [0.5, 0.6) is 0 Å². The highest BCUT2D eigenvalue weighted by molar-refractivity contribution is 6.05. The van der Waals surface area contributed by atoms with Crippen molar-refractivity contribution in [3.63, 3.8) is 0 Å². The molecule has 0 atom stereocenters. The van der Waals surface area contributed by atoms with Gasteiger partial charge in [0, 0.05) is 38.9 Å². The summed E-state index contributed by atoms with van der Waals surface area (Å²) in [5.41, 5.74) is 11.4. The zero-order valence-corrected chi connectivity index (χ0v) is 21.3. The Kier molecular flexibility index (Phi) is 5.61. The van der Waals surface area contributed by atoms with Crippen molar-refractivity contribution >= 4 is 28.5 Å². The smallest absolute Gasteiger partial charge is 0.410 e. The van der Waals surface area contributed by atoms with Crippen LogP contribution in [0.3, 0.4) is 0 Å². The van der Waals surface area contributed by atoms with E-state index in [0.717, 1.165) is 73.2 Å². The Morgan fingerprint density at radius 3 is 2.49 bits per heavy atom. The number of piperidine rings is 1. The summed E-state index contributed by atoms with van der Waals surface area (Å²) in [6.45, 7) is 7.23. The van der Waals surface area contributed by atoms with E-state index in [1.165, 1.54) is 11.9 Å². The van der Waals surface area contributed by atoms with Gasteiger partial charge in [-0.3, -0.25) is 4.68 Å². The Hall–Kier alpha value is -3.36. The number of fused-ring (bicyclic) bond motifs is 1. The van der Waals surface area contributed by atoms with E-state index in [0.29, 0.717) is 5.82 Å². The number of anilines is 1. The summed E-state index contributed by atoms with van der Waals surface area (Å²) in [5.74, 6) is 0.482. The molecule has 1 saturated heterocycles. The second-order valence-electron chi connectivity index (χ2n) is 11.0. The van der Waals surface area contributed by atoms with Gasteiger partial charge in [-0.25, -0.2) is 14.8 Å². The average molecular weight is 478 g/mol. The van der Waals surface area contributed by atoms with Crippen LogP contribution in [0.25, 0.3) is 27.9 Å². The fourth-order valence-corrected chi connectivity index (χ4v) is 5.62. The van der Waals surface area contributed by atoms with Crippen LogP contribution < -0.4 is 5.73 Å². The first kappa shape index (κ1) is 23.4. The second-order valence-corrected chi connectivity index (χ2v) is 11.0. The lowest BCUT2D eigenvalue weighted by Crippen LogP contribution is -2.45. The van der Waals surface area contributed by atoms with Crippen molar-refractivity contribution in [2.24, 2.45) is 19.5 Å². The number of ether oxygens (including phenoxy) is 1. The topological polar surface area (TPSA) is 104 Å². The maximum atomic E-state index is 12.5. The largest absolute Gasteiger partial charge is 0.444 e. The molecule has 0 saturated carbocycles. The first-order chi connectivity index (χ1) is 16.6. The van der Waals surface area contributed by atoms with Crippen LogP contribution in [-0.4, -0.2) is 54.0 Å². The van der Waals surface area contributed by atoms with Crippen LogP contribution in [0, 0.1) is 5.41 Å². The molecule has 0 aromatic carbocycles. The molecule has 1 aliphatic carbocycles. The number of rotatable bonds is 2. The molecule has 9 heteroatoms. The molecule has 1 fully saturated rings. The Morgan fingerprint density at radius 2 is 1.89 bits per heavy atom. The Morgan fingerprint density at radius 1 is 1.14 bits per heavy atom. The molecule has 35 heavy (non-hydrogen) atoms. The highest BCUT2D eigenvalue weighted by atomic mass is 16.6. The van der Waals surface area contributed by atoms with E-state index in [9.17, 15) is 4.79 Å². The molecule has 3 aromatic heterocycles. The molecule has 0 bridgehead atoms. The number of nitrogens with two attached hydrogens (primary N) is 1. The third-order valence-corrected chi connectivity index (χ3v) is 7.56. The summed E-state index contributed by atoms with van der Waals surface area (Å²) in [7, 11) is 4.00. The fourth-order valence-electron chi connectivity index (χ4n) is 5.62. The maximum Gasteiger partial charge on any atom is 0.410 e. The Balaban J connectivity index is 1.43. The molecule has 3 aromatic rings. The lowest BCUT2D eigenvalue weighted by molar-refractivity contribution is 0.00896. The lowest BCUT2D eigenvalue weighted by Gasteiger charge is -2.43. The van der Waals surface area contributed by atoms with Crippen molar-refractivity contribution < 1.29 is 9.53 Å². The van der Waals surface area contributed by atoms with E-state index >= 15 is 0 Å². The van der Waals surface area contributed by atoms with Crippen LogP contribution in [0.1, 0.15) is 58.6 Å². The number of nitrogen functional groups attached to an aromatic ring is 1. The zero-order chi connectivity index (χ0) is 25.0. The van der Waals surface area contributed by atoms with Gasteiger partial charge in [0.2, 0.25) is 0 Å². The number of hydrogen-bond donors (Lipinski definition) is 1. The molecule has 2 N–H and O–H groups in total. The van der Waals surface area contributed by atoms with Gasteiger partial charge in [0.15, 0.2) is 0 Å². The normalized spacial score (nSPS) is 18.2. The molecular weight excluding hydrogens is 442 g/mol. The minimum Gasteiger partial charge on any atom is -0.444 e. The summed E-state index contributed by atoms with van der Waals surface area (Å²) < 4.78 is 9.60. The first-order valence-corrected chi connectivity index (χ1v) is 12.3. The van der Waals surface area contributed by atoms with E-state index in [1.807, 2.05) is 43.5 Å². The summed E-state index contributed by atoms with van der Waals surface area (Å²) in [4.78, 5) is 23.2. The minimum absolute atomic E-state index is 0.200. The highest BCUT2D eigenvalue weighted by Gasteiger charge is 2.39. The van der Waals surface area contributed by atoms with Crippen molar-refractivity contribution in [3.8, 4) is 11.3 Å². The van der Waals surface area contributed by atoms with E-state index in [1.54, 1.807) is 6.20 Å². The molecule has 4 heterocycles. The molecule has 9 nitrogen and oxygen atoms in total. The fraction of sp³-hybridized carbons (Fsp3) is 0.538. The molecule has 2 aliphatic rings. The summed E-state index contributed by atoms with van der Waals surface area (Å²) >= 11 is 0. The van der Waals surface area contributed by atoms with Gasteiger partial charge in [0.25, 0.3) is 0 Å². The van der Waals surface area contributed by atoms with Crippen molar-refractivity contribution in [2.75, 3.05) is 18.8 Å². The van der Waals surface area contributed by atoms with Crippen LogP contribution in [0.15, 0.2) is 24.7 Å². The lowest BCUT2D eigenvalue weighted by atomic mass is 9.68. The number of nitrogens with zero attached hydrogens (tertiary/aromatic N) is 6. The van der Waals surface area contributed by atoms with Gasteiger partial charge >= 0.3 is 6.09 Å². The Bertz CT molecular complexity index is 1300. The van der Waals surface area contributed by atoms with Crippen molar-refractivity contribution in [3.05, 3.63) is 30.4 Å². The van der Waals surface area contributed by atoms with Gasteiger partial charge in [0.1, 0.15) is 23.4 Å². The number of carbonyl (C=O) groups excluding carboxylic acids is 1. The molecule has 1 spiro atoms. The SMILES string of the molecule is Cn1nccc1-c1c(C2=CCC3(CC2)CCN(C(=O)OC(C)(C)C)CC3)n(C)c2ncnc(N)c12. The number of aromatic nitrogens is 5. The molecule has 1 amide bonds. The summed E-state index contributed by atoms with van der Waals surface area (Å²) in [6, 6.07) is 2.02. The van der Waals surface area contributed by atoms with Gasteiger partial charge in [-0.1, -0.05) is 6.08 Å². The Labute approximate surface area is 206 Å². The number of likely N-dealkylation sites (tertiary alicyclic amines) is 1. The minimum atomic E-state index is -0.466. The monoisotopic (exact) mass is 477 g/mol. The molecule has 1 aliphatic heterocycles. The van der Waals surface area contributed by atoms with Crippen molar-refractivity contribution in [2.45, 2.75) is 58.5 Å². The molecular formula is C26H35N7O2. The van der Waals surface area contributed by atoms with Gasteiger partial charge in [-0.05, 0) is 69.9 Å².